The number of furan rings is 1. The van der Waals surface area contributed by atoms with Crippen LogP contribution in [0.25, 0.3) is 0 Å². The monoisotopic (exact) mass is 277 g/mol. The molecular formula is C11H11N5O2S. The summed E-state index contributed by atoms with van der Waals surface area (Å²) in [5, 5.41) is 22.1. The summed E-state index contributed by atoms with van der Waals surface area (Å²) >= 11 is 1.24. The van der Waals surface area contributed by atoms with Crippen molar-refractivity contribution in [2.45, 2.75) is 18.9 Å². The van der Waals surface area contributed by atoms with E-state index >= 15 is 0 Å². The highest BCUT2D eigenvalue weighted by Crippen LogP contribution is 2.25. The van der Waals surface area contributed by atoms with E-state index in [1.54, 1.807) is 13.8 Å². The minimum Gasteiger partial charge on any atom is -0.444 e. The second-order valence-corrected chi connectivity index (χ2v) is 4.74. The SMILES string of the molecule is Cc1oc(NC(=O)CSc2cn[nH]n2)c(C#N)c1C. The first-order chi connectivity index (χ1) is 9.11. The summed E-state index contributed by atoms with van der Waals surface area (Å²) in [6.45, 7) is 3.52. The maximum Gasteiger partial charge on any atom is 0.237 e. The van der Waals surface area contributed by atoms with Crippen molar-refractivity contribution in [3.8, 4) is 6.07 Å². The van der Waals surface area contributed by atoms with Gasteiger partial charge in [0, 0.05) is 5.56 Å². The lowest BCUT2D eigenvalue weighted by molar-refractivity contribution is -0.113. The van der Waals surface area contributed by atoms with Crippen LogP contribution in [0.3, 0.4) is 0 Å². The van der Waals surface area contributed by atoms with Crippen molar-refractivity contribution in [1.29, 1.82) is 5.26 Å². The number of carbonyl (C=O) groups is 1. The lowest BCUT2D eigenvalue weighted by Gasteiger charge is -2.00. The number of nitrogens with zero attached hydrogens (tertiary/aromatic N) is 3. The van der Waals surface area contributed by atoms with Crippen molar-refractivity contribution < 1.29 is 9.21 Å². The molecule has 0 aliphatic heterocycles. The predicted molar refractivity (Wildman–Crippen MR) is 68.6 cm³/mol. The van der Waals surface area contributed by atoms with Crippen LogP contribution in [-0.2, 0) is 4.79 Å². The fourth-order valence-corrected chi connectivity index (χ4v) is 2.00. The maximum absolute atomic E-state index is 11.7. The molecule has 0 fully saturated rings. The van der Waals surface area contributed by atoms with Crippen LogP contribution in [0.15, 0.2) is 15.6 Å². The summed E-state index contributed by atoms with van der Waals surface area (Å²) in [5.41, 5.74) is 1.10. The van der Waals surface area contributed by atoms with Crippen molar-refractivity contribution in [2.75, 3.05) is 11.1 Å². The molecule has 0 aliphatic carbocycles. The van der Waals surface area contributed by atoms with E-state index in [0.29, 0.717) is 16.3 Å². The maximum atomic E-state index is 11.7. The number of nitriles is 1. The predicted octanol–water partition coefficient (Wildman–Crippen LogP) is 1.62. The van der Waals surface area contributed by atoms with Gasteiger partial charge in [0.1, 0.15) is 22.4 Å². The Morgan fingerprint density at radius 2 is 2.42 bits per heavy atom. The molecule has 0 aromatic carbocycles. The molecule has 2 heterocycles. The lowest BCUT2D eigenvalue weighted by atomic mass is 10.2. The van der Waals surface area contributed by atoms with Gasteiger partial charge in [0.2, 0.25) is 11.8 Å². The van der Waals surface area contributed by atoms with E-state index in [1.165, 1.54) is 18.0 Å². The van der Waals surface area contributed by atoms with Gasteiger partial charge < -0.3 is 4.42 Å². The minimum atomic E-state index is -0.266. The Balaban J connectivity index is 1.99. The minimum absolute atomic E-state index is 0.163. The lowest BCUT2D eigenvalue weighted by Crippen LogP contribution is -2.14. The molecule has 0 unspecified atom stereocenters. The Morgan fingerprint density at radius 1 is 1.63 bits per heavy atom. The van der Waals surface area contributed by atoms with Crippen molar-refractivity contribution in [3.63, 3.8) is 0 Å². The molecule has 2 rings (SSSR count). The number of thioether (sulfide) groups is 1. The van der Waals surface area contributed by atoms with Gasteiger partial charge in [0.25, 0.3) is 0 Å². The molecular weight excluding hydrogens is 266 g/mol. The first-order valence-electron chi connectivity index (χ1n) is 5.40. The van der Waals surface area contributed by atoms with Gasteiger partial charge in [0.15, 0.2) is 0 Å². The molecule has 2 aromatic heterocycles. The van der Waals surface area contributed by atoms with Crippen molar-refractivity contribution >= 4 is 23.6 Å². The number of nitrogens with one attached hydrogen (secondary N) is 2. The van der Waals surface area contributed by atoms with Gasteiger partial charge in [0.05, 0.1) is 11.9 Å². The number of hydrogen-bond acceptors (Lipinski definition) is 6. The zero-order valence-corrected chi connectivity index (χ0v) is 11.2. The Hall–Kier alpha value is -2.27. The normalized spacial score (nSPS) is 10.2. The summed E-state index contributed by atoms with van der Waals surface area (Å²) in [5.74, 6) is 0.716. The topological polar surface area (TPSA) is 108 Å². The van der Waals surface area contributed by atoms with Gasteiger partial charge in [-0.3, -0.25) is 10.1 Å². The van der Waals surface area contributed by atoms with E-state index in [4.69, 9.17) is 9.68 Å². The molecule has 0 spiro atoms. The van der Waals surface area contributed by atoms with Crippen LogP contribution in [-0.4, -0.2) is 27.1 Å². The first kappa shape index (κ1) is 13.2. The van der Waals surface area contributed by atoms with Gasteiger partial charge >= 0.3 is 0 Å². The zero-order chi connectivity index (χ0) is 13.8. The van der Waals surface area contributed by atoms with E-state index in [2.05, 4.69) is 20.7 Å². The van der Waals surface area contributed by atoms with Gasteiger partial charge in [-0.05, 0) is 13.8 Å². The number of rotatable bonds is 4. The van der Waals surface area contributed by atoms with Crippen LogP contribution in [0.5, 0.6) is 0 Å². The first-order valence-corrected chi connectivity index (χ1v) is 6.39. The van der Waals surface area contributed by atoms with Crippen molar-refractivity contribution in [1.82, 2.24) is 15.4 Å². The molecule has 0 bridgehead atoms. The van der Waals surface area contributed by atoms with Crippen LogP contribution in [0.2, 0.25) is 0 Å². The highest BCUT2D eigenvalue weighted by Gasteiger charge is 2.16. The van der Waals surface area contributed by atoms with E-state index in [0.717, 1.165) is 5.56 Å². The molecule has 0 aliphatic rings. The van der Waals surface area contributed by atoms with Crippen molar-refractivity contribution in [2.24, 2.45) is 0 Å². The molecule has 0 radical (unpaired) electrons. The van der Waals surface area contributed by atoms with Crippen LogP contribution in [0.1, 0.15) is 16.9 Å². The third-order valence-electron chi connectivity index (χ3n) is 2.49. The molecule has 1 amide bonds. The number of hydrogen-bond donors (Lipinski definition) is 2. The average Bonchev–Trinajstić information content (AvgIpc) is 2.97. The largest absolute Gasteiger partial charge is 0.444 e. The van der Waals surface area contributed by atoms with Crippen LogP contribution < -0.4 is 5.32 Å². The summed E-state index contributed by atoms with van der Waals surface area (Å²) in [6, 6.07) is 2.02. The number of carbonyl (C=O) groups excluding carboxylic acids is 1. The van der Waals surface area contributed by atoms with Crippen LogP contribution in [0, 0.1) is 25.2 Å². The Labute approximate surface area is 113 Å². The van der Waals surface area contributed by atoms with Gasteiger partial charge in [-0.15, -0.1) is 5.10 Å². The zero-order valence-electron chi connectivity index (χ0n) is 10.4. The fraction of sp³-hybridized carbons (Fsp3) is 0.273. The quantitative estimate of drug-likeness (QED) is 0.822. The van der Waals surface area contributed by atoms with E-state index < -0.39 is 0 Å². The van der Waals surface area contributed by atoms with E-state index in [-0.39, 0.29) is 17.5 Å². The smallest absolute Gasteiger partial charge is 0.237 e. The van der Waals surface area contributed by atoms with E-state index in [9.17, 15) is 4.79 Å². The summed E-state index contributed by atoms with van der Waals surface area (Å²) < 4.78 is 5.35. The number of aromatic amines is 1. The second-order valence-electron chi connectivity index (χ2n) is 3.74. The Bertz CT molecular complexity index is 626. The fourth-order valence-electron chi connectivity index (χ4n) is 1.41. The summed E-state index contributed by atoms with van der Waals surface area (Å²) in [4.78, 5) is 11.7. The molecule has 19 heavy (non-hydrogen) atoms. The average molecular weight is 277 g/mol. The molecule has 2 N–H and O–H groups in total. The Kier molecular flexibility index (Phi) is 3.87. The summed E-state index contributed by atoms with van der Waals surface area (Å²) in [7, 11) is 0. The number of aryl methyl sites for hydroxylation is 1. The highest BCUT2D eigenvalue weighted by atomic mass is 32.2. The third kappa shape index (κ3) is 2.95. The number of amides is 1. The van der Waals surface area contributed by atoms with E-state index in [1.807, 2.05) is 6.07 Å². The standard InChI is InChI=1S/C11H11N5O2S/c1-6-7(2)18-11(8(6)3-12)14-9(17)5-19-10-4-13-16-15-10/h4H,5H2,1-2H3,(H,14,17)(H,13,15,16). The molecule has 0 atom stereocenters. The molecule has 0 saturated heterocycles. The molecule has 98 valence electrons. The van der Waals surface area contributed by atoms with Gasteiger partial charge in [-0.1, -0.05) is 11.8 Å². The molecule has 0 saturated carbocycles. The summed E-state index contributed by atoms with van der Waals surface area (Å²) in [6.07, 6.45) is 1.53. The highest BCUT2D eigenvalue weighted by molar-refractivity contribution is 7.99. The molecule has 8 heteroatoms. The van der Waals surface area contributed by atoms with Gasteiger partial charge in [-0.2, -0.15) is 15.6 Å². The van der Waals surface area contributed by atoms with Crippen molar-refractivity contribution in [3.05, 3.63) is 23.1 Å². The van der Waals surface area contributed by atoms with Crippen LogP contribution in [0.4, 0.5) is 5.88 Å². The third-order valence-corrected chi connectivity index (χ3v) is 3.39. The number of aromatic nitrogens is 3. The molecule has 7 nitrogen and oxygen atoms in total. The van der Waals surface area contributed by atoms with Gasteiger partial charge in [-0.25, -0.2) is 0 Å². The molecule has 2 aromatic rings. The number of anilines is 1. The van der Waals surface area contributed by atoms with Crippen LogP contribution >= 0.6 is 11.8 Å². The second kappa shape index (κ2) is 5.58. The Morgan fingerprint density at radius 3 is 3.05 bits per heavy atom. The number of H-pyrrole nitrogens is 1.